The highest BCUT2D eigenvalue weighted by molar-refractivity contribution is 4.74. The van der Waals surface area contributed by atoms with Gasteiger partial charge in [-0.1, -0.05) is 6.42 Å². The van der Waals surface area contributed by atoms with Crippen LogP contribution in [0.15, 0.2) is 0 Å². The summed E-state index contributed by atoms with van der Waals surface area (Å²) in [4.78, 5) is 2.25. The summed E-state index contributed by atoms with van der Waals surface area (Å²) in [6, 6.07) is 0.329. The first-order chi connectivity index (χ1) is 5.24. The Bertz CT molecular complexity index is 112. The van der Waals surface area contributed by atoms with Gasteiger partial charge in [0.15, 0.2) is 0 Å². The van der Waals surface area contributed by atoms with E-state index in [-0.39, 0.29) is 6.61 Å². The molecule has 1 aliphatic carbocycles. The van der Waals surface area contributed by atoms with Crippen LogP contribution in [0.1, 0.15) is 26.2 Å². The zero-order valence-electron chi connectivity index (χ0n) is 7.58. The molecule has 1 saturated carbocycles. The van der Waals surface area contributed by atoms with Crippen molar-refractivity contribution in [3.8, 4) is 0 Å². The monoisotopic (exact) mass is 157 g/mol. The van der Waals surface area contributed by atoms with Crippen molar-refractivity contribution in [2.24, 2.45) is 5.92 Å². The largest absolute Gasteiger partial charge is 0.395 e. The summed E-state index contributed by atoms with van der Waals surface area (Å²) < 4.78 is 0. The lowest BCUT2D eigenvalue weighted by atomic mass is 9.85. The van der Waals surface area contributed by atoms with Crippen molar-refractivity contribution in [2.45, 2.75) is 32.2 Å². The van der Waals surface area contributed by atoms with Gasteiger partial charge in [-0.15, -0.1) is 0 Å². The van der Waals surface area contributed by atoms with Gasteiger partial charge in [-0.3, -0.25) is 0 Å². The topological polar surface area (TPSA) is 23.5 Å². The van der Waals surface area contributed by atoms with Crippen LogP contribution < -0.4 is 0 Å². The minimum Gasteiger partial charge on any atom is -0.395 e. The van der Waals surface area contributed by atoms with Crippen LogP contribution in [0, 0.1) is 5.92 Å². The average Bonchev–Trinajstić information content (AvgIpc) is 1.94. The lowest BCUT2D eigenvalue weighted by Crippen LogP contribution is -2.37. The summed E-state index contributed by atoms with van der Waals surface area (Å²) in [6.07, 6.45) is 4.19. The van der Waals surface area contributed by atoms with Gasteiger partial charge in [0.25, 0.3) is 0 Å². The molecule has 2 nitrogen and oxygen atoms in total. The van der Waals surface area contributed by atoms with Crippen molar-refractivity contribution in [2.75, 3.05) is 20.2 Å². The summed E-state index contributed by atoms with van der Waals surface area (Å²) in [7, 11) is 2.10. The van der Waals surface area contributed by atoms with Crippen LogP contribution in [0.25, 0.3) is 0 Å². The van der Waals surface area contributed by atoms with E-state index in [0.29, 0.717) is 6.04 Å². The van der Waals surface area contributed by atoms with E-state index in [4.69, 9.17) is 5.11 Å². The molecule has 1 rings (SSSR count). The van der Waals surface area contributed by atoms with Crippen molar-refractivity contribution in [1.82, 2.24) is 4.90 Å². The van der Waals surface area contributed by atoms with Crippen molar-refractivity contribution < 1.29 is 5.11 Å². The molecule has 0 unspecified atom stereocenters. The van der Waals surface area contributed by atoms with Crippen molar-refractivity contribution in [3.05, 3.63) is 0 Å². The normalized spacial score (nSPS) is 21.8. The van der Waals surface area contributed by atoms with Crippen molar-refractivity contribution >= 4 is 0 Å². The maximum atomic E-state index is 8.87. The highest BCUT2D eigenvalue weighted by Gasteiger charge is 2.20. The van der Waals surface area contributed by atoms with Gasteiger partial charge in [0.2, 0.25) is 0 Å². The van der Waals surface area contributed by atoms with Crippen LogP contribution in [-0.4, -0.2) is 36.2 Å². The second kappa shape index (κ2) is 4.07. The molecule has 1 N–H and O–H groups in total. The van der Waals surface area contributed by atoms with Crippen LogP contribution in [0.5, 0.6) is 0 Å². The first-order valence-corrected chi connectivity index (χ1v) is 4.55. The van der Waals surface area contributed by atoms with Crippen LogP contribution in [0.2, 0.25) is 0 Å². The maximum absolute atomic E-state index is 8.87. The van der Waals surface area contributed by atoms with Crippen molar-refractivity contribution in [3.63, 3.8) is 0 Å². The molecule has 1 atom stereocenters. The van der Waals surface area contributed by atoms with Gasteiger partial charge >= 0.3 is 0 Å². The van der Waals surface area contributed by atoms with Gasteiger partial charge in [-0.05, 0) is 32.7 Å². The summed E-state index contributed by atoms with van der Waals surface area (Å²) >= 11 is 0. The fourth-order valence-electron chi connectivity index (χ4n) is 1.40. The van der Waals surface area contributed by atoms with Gasteiger partial charge in [-0.25, -0.2) is 0 Å². The van der Waals surface area contributed by atoms with E-state index in [0.717, 1.165) is 5.92 Å². The number of hydrogen-bond acceptors (Lipinski definition) is 2. The second-order valence-electron chi connectivity index (χ2n) is 3.77. The molecular formula is C9H19NO. The molecule has 66 valence electrons. The fraction of sp³-hybridized carbons (Fsp3) is 1.00. The zero-order chi connectivity index (χ0) is 8.27. The van der Waals surface area contributed by atoms with Gasteiger partial charge in [0.1, 0.15) is 0 Å². The second-order valence-corrected chi connectivity index (χ2v) is 3.77. The van der Waals surface area contributed by atoms with Gasteiger partial charge in [-0.2, -0.15) is 0 Å². The first-order valence-electron chi connectivity index (χ1n) is 4.55. The minimum atomic E-state index is 0.281. The Hall–Kier alpha value is -0.0800. The molecule has 0 aromatic heterocycles. The average molecular weight is 157 g/mol. The summed E-state index contributed by atoms with van der Waals surface area (Å²) in [5.74, 6) is 0.911. The van der Waals surface area contributed by atoms with Crippen LogP contribution in [0.3, 0.4) is 0 Å². The Balaban J connectivity index is 2.13. The number of likely N-dealkylation sites (N-methyl/N-ethyl adjacent to an activating group) is 1. The Morgan fingerprint density at radius 3 is 2.55 bits per heavy atom. The van der Waals surface area contributed by atoms with Crippen LogP contribution >= 0.6 is 0 Å². The minimum absolute atomic E-state index is 0.281. The molecule has 0 saturated heterocycles. The Labute approximate surface area is 69.2 Å². The third-order valence-corrected chi connectivity index (χ3v) is 2.79. The Morgan fingerprint density at radius 2 is 2.18 bits per heavy atom. The van der Waals surface area contributed by atoms with E-state index < -0.39 is 0 Å². The van der Waals surface area contributed by atoms with Crippen molar-refractivity contribution in [1.29, 1.82) is 0 Å². The number of rotatable bonds is 4. The molecule has 1 fully saturated rings. The number of aliphatic hydroxyl groups is 1. The summed E-state index contributed by atoms with van der Waals surface area (Å²) in [6.45, 7) is 3.52. The van der Waals surface area contributed by atoms with Gasteiger partial charge < -0.3 is 10.0 Å². The molecule has 0 bridgehead atoms. The molecule has 0 spiro atoms. The molecular weight excluding hydrogens is 138 g/mol. The van der Waals surface area contributed by atoms with E-state index in [2.05, 4.69) is 18.9 Å². The SMILES string of the molecule is C[C@H](CO)N(C)CC1CCC1. The van der Waals surface area contributed by atoms with E-state index in [1.165, 1.54) is 25.8 Å². The molecule has 0 aromatic carbocycles. The standard InChI is InChI=1S/C9H19NO/c1-8(7-11)10(2)6-9-4-3-5-9/h8-9,11H,3-7H2,1-2H3/t8-/m1/s1. The molecule has 0 aliphatic heterocycles. The van der Waals surface area contributed by atoms with Crippen LogP contribution in [-0.2, 0) is 0 Å². The Kier molecular flexibility index (Phi) is 3.34. The lowest BCUT2D eigenvalue weighted by molar-refractivity contribution is 0.121. The number of aliphatic hydroxyl groups excluding tert-OH is 1. The molecule has 0 heterocycles. The van der Waals surface area contributed by atoms with Crippen LogP contribution in [0.4, 0.5) is 0 Å². The summed E-state index contributed by atoms with van der Waals surface area (Å²) in [5, 5.41) is 8.87. The lowest BCUT2D eigenvalue weighted by Gasteiger charge is -2.32. The summed E-state index contributed by atoms with van der Waals surface area (Å²) in [5.41, 5.74) is 0. The quantitative estimate of drug-likeness (QED) is 0.660. The van der Waals surface area contributed by atoms with E-state index in [9.17, 15) is 0 Å². The third kappa shape index (κ3) is 2.46. The molecule has 0 radical (unpaired) electrons. The highest BCUT2D eigenvalue weighted by Crippen LogP contribution is 2.26. The van der Waals surface area contributed by atoms with E-state index in [1.54, 1.807) is 0 Å². The number of hydrogen-bond donors (Lipinski definition) is 1. The third-order valence-electron chi connectivity index (χ3n) is 2.79. The fourth-order valence-corrected chi connectivity index (χ4v) is 1.40. The molecule has 2 heteroatoms. The molecule has 0 aromatic rings. The zero-order valence-corrected chi connectivity index (χ0v) is 7.58. The predicted molar refractivity (Wildman–Crippen MR) is 46.5 cm³/mol. The smallest absolute Gasteiger partial charge is 0.0584 e. The molecule has 11 heavy (non-hydrogen) atoms. The van der Waals surface area contributed by atoms with E-state index >= 15 is 0 Å². The number of nitrogens with zero attached hydrogens (tertiary/aromatic N) is 1. The van der Waals surface area contributed by atoms with E-state index in [1.807, 2.05) is 0 Å². The maximum Gasteiger partial charge on any atom is 0.0584 e. The molecule has 1 aliphatic rings. The Morgan fingerprint density at radius 1 is 1.55 bits per heavy atom. The van der Waals surface area contributed by atoms with Gasteiger partial charge in [0, 0.05) is 12.6 Å². The predicted octanol–water partition coefficient (Wildman–Crippen LogP) is 1.10. The highest BCUT2D eigenvalue weighted by atomic mass is 16.3. The van der Waals surface area contributed by atoms with Gasteiger partial charge in [0.05, 0.1) is 6.61 Å². The molecule has 0 amide bonds. The first kappa shape index (κ1) is 9.01.